The van der Waals surface area contributed by atoms with E-state index in [4.69, 9.17) is 10.5 Å². The Labute approximate surface area is 145 Å². The molecule has 0 radical (unpaired) electrons. The van der Waals surface area contributed by atoms with Crippen LogP contribution in [-0.2, 0) is 14.8 Å². The Morgan fingerprint density at radius 3 is 2.29 bits per heavy atom. The highest BCUT2D eigenvalue weighted by Crippen LogP contribution is 2.25. The van der Waals surface area contributed by atoms with Crippen LogP contribution in [0.3, 0.4) is 0 Å². The molecule has 0 aromatic heterocycles. The molecule has 0 bridgehead atoms. The maximum Gasteiger partial charge on any atom is 0.246 e. The molecule has 2 N–H and O–H groups in total. The van der Waals surface area contributed by atoms with Gasteiger partial charge in [-0.25, -0.2) is 21.6 Å². The van der Waals surface area contributed by atoms with Gasteiger partial charge in [0.15, 0.2) is 11.6 Å². The number of nitrogens with zero attached hydrogens (tertiary/aromatic N) is 1. The largest absolute Gasteiger partial charge is 0.378 e. The van der Waals surface area contributed by atoms with E-state index in [-0.39, 0.29) is 37.7 Å². The van der Waals surface area contributed by atoms with Crippen molar-refractivity contribution in [1.82, 2.24) is 4.31 Å². The van der Waals surface area contributed by atoms with Crippen molar-refractivity contribution < 1.29 is 26.3 Å². The number of hydrogen-bond donors (Lipinski definition) is 1. The number of ether oxygens (including phenoxy) is 1. The number of piperidine rings is 1. The lowest BCUT2D eigenvalue weighted by atomic mass is 10.1. The lowest BCUT2D eigenvalue weighted by molar-refractivity contribution is 0.0208. The van der Waals surface area contributed by atoms with E-state index in [9.17, 15) is 21.6 Å². The third-order valence-electron chi connectivity index (χ3n) is 3.70. The molecule has 138 valence electrons. The summed E-state index contributed by atoms with van der Waals surface area (Å²) in [6, 6.07) is 0.620. The molecule has 1 heterocycles. The second-order valence-corrected chi connectivity index (χ2v) is 7.22. The van der Waals surface area contributed by atoms with Crippen LogP contribution in [0.4, 0.5) is 13.2 Å². The quantitative estimate of drug-likeness (QED) is 0.598. The van der Waals surface area contributed by atoms with Crippen molar-refractivity contribution in [2.75, 3.05) is 26.2 Å². The van der Waals surface area contributed by atoms with Crippen LogP contribution in [0.1, 0.15) is 19.3 Å². The van der Waals surface area contributed by atoms with Crippen LogP contribution in [0.15, 0.2) is 17.0 Å². The topological polar surface area (TPSA) is 72.6 Å². The van der Waals surface area contributed by atoms with Gasteiger partial charge < -0.3 is 10.5 Å². The summed E-state index contributed by atoms with van der Waals surface area (Å²) in [5, 5.41) is 0. The lowest BCUT2D eigenvalue weighted by Gasteiger charge is -2.31. The predicted molar refractivity (Wildman–Crippen MR) is 85.0 cm³/mol. The summed E-state index contributed by atoms with van der Waals surface area (Å²) in [6.45, 7) is 1.29. The molecule has 0 unspecified atom stereocenters. The summed E-state index contributed by atoms with van der Waals surface area (Å²) in [5.74, 6) is -4.12. The van der Waals surface area contributed by atoms with E-state index < -0.39 is 32.4 Å². The van der Waals surface area contributed by atoms with Crippen molar-refractivity contribution in [2.45, 2.75) is 30.3 Å². The van der Waals surface area contributed by atoms with Crippen LogP contribution in [-0.4, -0.2) is 45.1 Å². The van der Waals surface area contributed by atoms with Gasteiger partial charge in [-0.3, -0.25) is 0 Å². The van der Waals surface area contributed by atoms with Crippen molar-refractivity contribution >= 4 is 22.4 Å². The molecule has 5 nitrogen and oxygen atoms in total. The molecular weight excluding hydrogens is 369 g/mol. The fourth-order valence-electron chi connectivity index (χ4n) is 2.41. The van der Waals surface area contributed by atoms with Crippen LogP contribution < -0.4 is 5.73 Å². The molecule has 1 aromatic rings. The van der Waals surface area contributed by atoms with E-state index in [1.807, 2.05) is 0 Å². The Morgan fingerprint density at radius 2 is 1.71 bits per heavy atom. The maximum atomic E-state index is 13.7. The van der Waals surface area contributed by atoms with Gasteiger partial charge >= 0.3 is 0 Å². The van der Waals surface area contributed by atoms with Gasteiger partial charge in [0.05, 0.1) is 6.10 Å². The van der Waals surface area contributed by atoms with E-state index in [2.05, 4.69) is 0 Å². The average molecular weight is 389 g/mol. The van der Waals surface area contributed by atoms with Crippen molar-refractivity contribution in [3.63, 3.8) is 0 Å². The fourth-order valence-corrected chi connectivity index (χ4v) is 3.94. The van der Waals surface area contributed by atoms with Gasteiger partial charge in [-0.05, 0) is 31.9 Å². The van der Waals surface area contributed by atoms with E-state index in [0.717, 1.165) is 10.7 Å². The zero-order chi connectivity index (χ0) is 17.0. The summed E-state index contributed by atoms with van der Waals surface area (Å²) >= 11 is 0. The van der Waals surface area contributed by atoms with Crippen molar-refractivity contribution in [3.05, 3.63) is 29.6 Å². The number of halogens is 4. The highest BCUT2D eigenvalue weighted by molar-refractivity contribution is 7.89. The van der Waals surface area contributed by atoms with E-state index >= 15 is 0 Å². The van der Waals surface area contributed by atoms with Gasteiger partial charge in [0.25, 0.3) is 0 Å². The van der Waals surface area contributed by atoms with Gasteiger partial charge in [-0.15, -0.1) is 12.4 Å². The number of benzene rings is 1. The van der Waals surface area contributed by atoms with Gasteiger partial charge in [-0.1, -0.05) is 0 Å². The molecule has 24 heavy (non-hydrogen) atoms. The molecule has 0 atom stereocenters. The van der Waals surface area contributed by atoms with Crippen LogP contribution in [0.25, 0.3) is 0 Å². The Morgan fingerprint density at radius 1 is 1.12 bits per heavy atom. The van der Waals surface area contributed by atoms with Crippen molar-refractivity contribution in [1.29, 1.82) is 0 Å². The van der Waals surface area contributed by atoms with Gasteiger partial charge in [0.2, 0.25) is 10.0 Å². The summed E-state index contributed by atoms with van der Waals surface area (Å²) in [5.41, 5.74) is 5.36. The molecule has 0 amide bonds. The number of sulfonamides is 1. The molecule has 1 aliphatic heterocycles. The SMILES string of the molecule is Cl.NCCCOC1CCN(S(=O)(=O)c2cc(F)c(F)cc2F)CC1. The first kappa shape index (κ1) is 21.2. The fraction of sp³-hybridized carbons (Fsp3) is 0.571. The molecule has 0 aliphatic carbocycles. The minimum absolute atomic E-state index is 0. The molecule has 1 saturated heterocycles. The number of hydrogen-bond acceptors (Lipinski definition) is 4. The van der Waals surface area contributed by atoms with Crippen LogP contribution in [0, 0.1) is 17.5 Å². The molecule has 0 saturated carbocycles. The van der Waals surface area contributed by atoms with Crippen LogP contribution >= 0.6 is 12.4 Å². The minimum Gasteiger partial charge on any atom is -0.378 e. The monoisotopic (exact) mass is 388 g/mol. The second kappa shape index (κ2) is 9.00. The maximum absolute atomic E-state index is 13.7. The van der Waals surface area contributed by atoms with Gasteiger partial charge in [0, 0.05) is 25.8 Å². The van der Waals surface area contributed by atoms with Crippen LogP contribution in [0.2, 0.25) is 0 Å². The third-order valence-corrected chi connectivity index (χ3v) is 5.61. The van der Waals surface area contributed by atoms with Gasteiger partial charge in [0.1, 0.15) is 10.7 Å². The molecule has 1 aliphatic rings. The average Bonchev–Trinajstić information content (AvgIpc) is 2.51. The first-order valence-corrected chi connectivity index (χ1v) is 8.76. The molecule has 2 rings (SSSR count). The zero-order valence-corrected chi connectivity index (χ0v) is 14.5. The molecular formula is C14H20ClF3N2O3S. The Bertz CT molecular complexity index is 653. The van der Waals surface area contributed by atoms with E-state index in [0.29, 0.717) is 32.1 Å². The van der Waals surface area contributed by atoms with Crippen molar-refractivity contribution in [3.8, 4) is 0 Å². The smallest absolute Gasteiger partial charge is 0.246 e. The van der Waals surface area contributed by atoms with Crippen LogP contribution in [0.5, 0.6) is 0 Å². The molecule has 1 fully saturated rings. The first-order valence-electron chi connectivity index (χ1n) is 7.32. The third kappa shape index (κ3) is 4.82. The summed E-state index contributed by atoms with van der Waals surface area (Å²) in [4.78, 5) is -0.848. The first-order chi connectivity index (χ1) is 10.9. The summed E-state index contributed by atoms with van der Waals surface area (Å²) in [7, 11) is -4.20. The van der Waals surface area contributed by atoms with E-state index in [1.165, 1.54) is 0 Å². The summed E-state index contributed by atoms with van der Waals surface area (Å²) < 4.78 is 71.3. The van der Waals surface area contributed by atoms with Gasteiger partial charge in [-0.2, -0.15) is 4.31 Å². The Kier molecular flexibility index (Phi) is 7.94. The number of rotatable bonds is 6. The lowest BCUT2D eigenvalue weighted by Crippen LogP contribution is -2.41. The number of nitrogens with two attached hydrogens (primary N) is 1. The normalized spacial score (nSPS) is 16.8. The predicted octanol–water partition coefficient (Wildman–Crippen LogP) is 2.04. The second-order valence-electron chi connectivity index (χ2n) is 5.31. The highest BCUT2D eigenvalue weighted by atomic mass is 35.5. The molecule has 0 spiro atoms. The molecule has 10 heteroatoms. The Hall–Kier alpha value is -0.870. The molecule has 1 aromatic carbocycles. The zero-order valence-electron chi connectivity index (χ0n) is 12.9. The standard InChI is InChI=1S/C14H19F3N2O3S.ClH/c15-11-8-13(17)14(9-12(11)16)23(20,21)19-5-2-10(3-6-19)22-7-1-4-18;/h8-10H,1-7,18H2;1H. The highest BCUT2D eigenvalue weighted by Gasteiger charge is 2.32. The van der Waals surface area contributed by atoms with E-state index in [1.54, 1.807) is 0 Å². The summed E-state index contributed by atoms with van der Waals surface area (Å²) in [6.07, 6.45) is 1.55. The minimum atomic E-state index is -4.20. The Balaban J connectivity index is 0.00000288. The van der Waals surface area contributed by atoms with Crippen molar-refractivity contribution in [2.24, 2.45) is 5.73 Å².